The van der Waals surface area contributed by atoms with Gasteiger partial charge in [0.1, 0.15) is 59.9 Å². The standard InChI is InChI=1S/C72H110ClF3N12O12/c1-13-25-52-61(91)78-59(44(4)14-2)68(98)81(8)46(6)63(93)88-39-33-54(88)66(96)83(10)55(41-47-26-18-16-19-27-47)65(95)80(7)43-57(89)77-51(32-30-48-29-31-49(50(73)40-48)72(74,75)76)64(94)87-38-24-28-53(87)62(92)79-71(34-20-21-35-71)70(100)85(12)60(45(5)15-3)69(99)84(11)56(42-58(90)82(52)9)67(97)86-36-22-17-23-37-86/h29,31,40,44-47,51-56,59-60H,13-28,30,32-39,41-43H2,1-12H3,(H,77,89)(H,78,91)(H,79,92)/t44-,45-,46-,51-,52-,53-,54-,55-,56-,59-,60-/m0/s1. The molecule has 558 valence electrons. The highest BCUT2D eigenvalue weighted by Gasteiger charge is 2.52. The lowest BCUT2D eigenvalue weighted by Crippen LogP contribution is -2.65. The molecule has 6 aliphatic rings. The zero-order valence-corrected chi connectivity index (χ0v) is 61.7. The van der Waals surface area contributed by atoms with E-state index in [0.29, 0.717) is 70.0 Å². The molecule has 100 heavy (non-hydrogen) atoms. The minimum Gasteiger partial charge on any atom is -0.343 e. The molecule has 24 nitrogen and oxygen atoms in total. The number of alkyl halides is 3. The average Bonchev–Trinajstić information content (AvgIpc) is 1.10. The van der Waals surface area contributed by atoms with Crippen molar-refractivity contribution in [2.75, 3.05) is 75.0 Å². The molecule has 4 saturated heterocycles. The van der Waals surface area contributed by atoms with Crippen LogP contribution in [0.4, 0.5) is 13.2 Å². The third-order valence-electron chi connectivity index (χ3n) is 22.6. The van der Waals surface area contributed by atoms with Crippen molar-refractivity contribution in [1.29, 1.82) is 0 Å². The molecule has 6 fully saturated rings. The maximum absolute atomic E-state index is 15.5. The molecule has 11 atom stereocenters. The number of likely N-dealkylation sites (tertiary alicyclic amines) is 1. The summed E-state index contributed by atoms with van der Waals surface area (Å²) in [5.74, 6) is -8.58. The van der Waals surface area contributed by atoms with Crippen molar-refractivity contribution >= 4 is 82.5 Å². The maximum atomic E-state index is 15.5. The number of nitrogens with one attached hydrogen (secondary N) is 3. The number of rotatable bonds is 12. The number of hydrogen-bond donors (Lipinski definition) is 3. The Labute approximate surface area is 593 Å². The molecule has 28 heteroatoms. The monoisotopic (exact) mass is 1430 g/mol. The Kier molecular flexibility index (Phi) is 28.3. The van der Waals surface area contributed by atoms with E-state index in [0.717, 1.165) is 55.6 Å². The Morgan fingerprint density at radius 3 is 1.84 bits per heavy atom. The minimum atomic E-state index is -4.76. The maximum Gasteiger partial charge on any atom is 0.417 e. The molecule has 2 aliphatic carbocycles. The second-order valence-corrected chi connectivity index (χ2v) is 29.7. The zero-order chi connectivity index (χ0) is 73.8. The summed E-state index contributed by atoms with van der Waals surface area (Å²) < 4.78 is 41.6. The molecule has 0 unspecified atom stereocenters. The molecule has 0 aromatic heterocycles. The number of amides is 12. The summed E-state index contributed by atoms with van der Waals surface area (Å²) in [7, 11) is 8.64. The van der Waals surface area contributed by atoms with Crippen LogP contribution in [-0.4, -0.2) is 250 Å². The normalized spacial score (nSPS) is 28.0. The van der Waals surface area contributed by atoms with Gasteiger partial charge in [0.05, 0.1) is 23.6 Å². The Hall–Kier alpha value is -7.06. The van der Waals surface area contributed by atoms with Gasteiger partial charge in [-0.1, -0.05) is 116 Å². The van der Waals surface area contributed by atoms with E-state index in [4.69, 9.17) is 11.6 Å². The van der Waals surface area contributed by atoms with Crippen LogP contribution >= 0.6 is 11.6 Å². The summed E-state index contributed by atoms with van der Waals surface area (Å²) >= 11 is 6.16. The van der Waals surface area contributed by atoms with E-state index in [1.54, 1.807) is 18.7 Å². The highest BCUT2D eigenvalue weighted by atomic mass is 35.5. The van der Waals surface area contributed by atoms with Gasteiger partial charge >= 0.3 is 6.18 Å². The van der Waals surface area contributed by atoms with Crippen molar-refractivity contribution in [3.63, 3.8) is 0 Å². The van der Waals surface area contributed by atoms with Gasteiger partial charge in [0.25, 0.3) is 0 Å². The van der Waals surface area contributed by atoms with Gasteiger partial charge in [-0.15, -0.1) is 0 Å². The number of halogens is 4. The van der Waals surface area contributed by atoms with Gasteiger partial charge in [-0.3, -0.25) is 57.5 Å². The average molecular weight is 1430 g/mol. The summed E-state index contributed by atoms with van der Waals surface area (Å²) in [6.45, 7) is 10.9. The zero-order valence-electron chi connectivity index (χ0n) is 60.9. The molecule has 3 N–H and O–H groups in total. The number of hydrogen-bond acceptors (Lipinski definition) is 12. The lowest BCUT2D eigenvalue weighted by atomic mass is 9.84. The first-order valence-electron chi connectivity index (χ1n) is 36.5. The first kappa shape index (κ1) is 80.3. The van der Waals surface area contributed by atoms with E-state index in [-0.39, 0.29) is 70.4 Å². The number of aryl methyl sites for hydroxylation is 1. The molecule has 0 bridgehead atoms. The second-order valence-electron chi connectivity index (χ2n) is 29.3. The SMILES string of the molecule is CCC[C@H]1C(=O)N[C@@H]([C@@H](C)CC)C(=O)N(C)[C@@H](C)C(=O)N2CC[C@H]2C(=O)N(C)[C@@H](CC2CCCCC2)C(=O)N(C)CC(=O)N[C@@H](CCc2ccc(C(F)(F)F)c(Cl)c2)C(=O)N2CCC[C@H]2C(=O)NC2(CCCC2)C(=O)N(C)[C@@H]([C@@H](C)CC)C(=O)N(C)[C@H](C(=O)N2CCCCC2)CC(=O)N1C. The van der Waals surface area contributed by atoms with Gasteiger partial charge < -0.3 is 60.0 Å². The molecule has 1 aromatic rings. The lowest BCUT2D eigenvalue weighted by molar-refractivity contribution is -0.160. The van der Waals surface area contributed by atoms with Crippen molar-refractivity contribution in [3.05, 3.63) is 34.3 Å². The van der Waals surface area contributed by atoms with Gasteiger partial charge in [-0.2, -0.15) is 13.2 Å². The Bertz CT molecular complexity index is 3140. The van der Waals surface area contributed by atoms with E-state index in [2.05, 4.69) is 16.0 Å². The number of carbonyl (C=O) groups is 12. The van der Waals surface area contributed by atoms with Gasteiger partial charge in [-0.25, -0.2) is 0 Å². The Morgan fingerprint density at radius 1 is 0.620 bits per heavy atom. The summed E-state index contributed by atoms with van der Waals surface area (Å²) in [5, 5.41) is 8.17. The fourth-order valence-corrected chi connectivity index (χ4v) is 15.8. The van der Waals surface area contributed by atoms with Crippen LogP contribution in [-0.2, 0) is 70.1 Å². The molecule has 1 aromatic carbocycles. The van der Waals surface area contributed by atoms with Crippen LogP contribution in [0, 0.1) is 17.8 Å². The summed E-state index contributed by atoms with van der Waals surface area (Å²) in [6, 6.07) is -7.77. The highest BCUT2D eigenvalue weighted by Crippen LogP contribution is 2.38. The number of piperidine rings is 1. The van der Waals surface area contributed by atoms with Crippen LogP contribution in [0.3, 0.4) is 0 Å². The van der Waals surface area contributed by atoms with E-state index < -0.39 is 172 Å². The largest absolute Gasteiger partial charge is 0.417 e. The molecule has 12 amide bonds. The van der Waals surface area contributed by atoms with E-state index in [1.165, 1.54) is 89.6 Å². The van der Waals surface area contributed by atoms with E-state index in [9.17, 15) is 51.5 Å². The Morgan fingerprint density at radius 2 is 1.25 bits per heavy atom. The number of carbonyl (C=O) groups excluding carboxylic acids is 12. The smallest absolute Gasteiger partial charge is 0.343 e. The van der Waals surface area contributed by atoms with Crippen molar-refractivity contribution < 1.29 is 70.7 Å². The highest BCUT2D eigenvalue weighted by molar-refractivity contribution is 6.31. The number of benzene rings is 1. The molecular formula is C72H110ClF3N12O12. The van der Waals surface area contributed by atoms with Gasteiger partial charge in [0.15, 0.2) is 0 Å². The first-order chi connectivity index (χ1) is 47.2. The quantitative estimate of drug-likeness (QED) is 0.212. The number of nitrogens with zero attached hydrogens (tertiary/aromatic N) is 9. The number of likely N-dealkylation sites (N-methyl/N-ethyl adjacent to an activating group) is 6. The van der Waals surface area contributed by atoms with Crippen LogP contribution in [0.15, 0.2) is 18.2 Å². The van der Waals surface area contributed by atoms with Crippen LogP contribution in [0.5, 0.6) is 0 Å². The van der Waals surface area contributed by atoms with Crippen molar-refractivity contribution in [2.24, 2.45) is 17.8 Å². The summed E-state index contributed by atoms with van der Waals surface area (Å²) in [5.41, 5.74) is -2.35. The van der Waals surface area contributed by atoms with Crippen molar-refractivity contribution in [2.45, 2.75) is 255 Å². The van der Waals surface area contributed by atoms with Gasteiger partial charge in [-0.05, 0) is 119 Å². The molecule has 2 saturated carbocycles. The fourth-order valence-electron chi connectivity index (χ4n) is 15.5. The fraction of sp³-hybridized carbons (Fsp3) is 0.750. The third kappa shape index (κ3) is 18.6. The predicted molar refractivity (Wildman–Crippen MR) is 369 cm³/mol. The lowest BCUT2D eigenvalue weighted by Gasteiger charge is -2.45. The van der Waals surface area contributed by atoms with E-state index >= 15 is 19.2 Å². The third-order valence-corrected chi connectivity index (χ3v) is 22.9. The number of fused-ring (bicyclic) bond motifs is 2. The molecule has 7 rings (SSSR count). The van der Waals surface area contributed by atoms with Crippen molar-refractivity contribution in [3.8, 4) is 0 Å². The molecular weight excluding hydrogens is 1320 g/mol. The van der Waals surface area contributed by atoms with Crippen molar-refractivity contribution in [1.82, 2.24) is 60.0 Å². The predicted octanol–water partition coefficient (Wildman–Crippen LogP) is 6.17. The molecule has 4 aliphatic heterocycles. The summed E-state index contributed by atoms with van der Waals surface area (Å²) in [4.78, 5) is 192. The molecule has 0 radical (unpaired) electrons. The summed E-state index contributed by atoms with van der Waals surface area (Å²) in [6.07, 6.45) is 4.62. The Balaban J connectivity index is 1.29. The molecule has 4 heterocycles. The minimum absolute atomic E-state index is 0.0241. The van der Waals surface area contributed by atoms with Crippen LogP contribution in [0.25, 0.3) is 0 Å². The van der Waals surface area contributed by atoms with Crippen LogP contribution < -0.4 is 16.0 Å². The van der Waals surface area contributed by atoms with Gasteiger partial charge in [0.2, 0.25) is 70.9 Å². The van der Waals surface area contributed by atoms with E-state index in [1.807, 2.05) is 20.8 Å². The van der Waals surface area contributed by atoms with Gasteiger partial charge in [0, 0.05) is 68.5 Å². The first-order valence-corrected chi connectivity index (χ1v) is 36.9. The van der Waals surface area contributed by atoms with Crippen LogP contribution in [0.2, 0.25) is 5.02 Å². The van der Waals surface area contributed by atoms with Crippen LogP contribution in [0.1, 0.15) is 194 Å². The molecule has 1 spiro atoms. The topological polar surface area (TPSA) is 270 Å². The second kappa shape index (κ2) is 35.2.